The highest BCUT2D eigenvalue weighted by atomic mass is 16.2. The molecule has 2 aromatic rings. The van der Waals surface area contributed by atoms with Crippen LogP contribution in [0.1, 0.15) is 68.7 Å². The SMILES string of the molecule is Cc1cccc(C2C[C@@H](c3ccccc3)C[C@@H](N)C(=O)N2NC(=O)CC(C)(C)C)c1. The first-order valence-corrected chi connectivity index (χ1v) is 10.6. The lowest BCUT2D eigenvalue weighted by atomic mass is 9.86. The molecule has 0 radical (unpaired) electrons. The van der Waals surface area contributed by atoms with Crippen LogP contribution in [0.15, 0.2) is 54.6 Å². The van der Waals surface area contributed by atoms with E-state index in [1.165, 1.54) is 10.6 Å². The molecule has 30 heavy (non-hydrogen) atoms. The monoisotopic (exact) mass is 407 g/mol. The molecule has 0 aromatic heterocycles. The molecule has 5 heteroatoms. The molecular weight excluding hydrogens is 374 g/mol. The summed E-state index contributed by atoms with van der Waals surface area (Å²) in [4.78, 5) is 26.0. The topological polar surface area (TPSA) is 75.4 Å². The number of hydrogen-bond acceptors (Lipinski definition) is 3. The third kappa shape index (κ3) is 5.48. The molecule has 2 amide bonds. The molecular formula is C25H33N3O2. The molecule has 1 unspecified atom stereocenters. The van der Waals surface area contributed by atoms with Crippen molar-refractivity contribution in [2.45, 2.75) is 65.0 Å². The molecule has 2 aromatic carbocycles. The number of nitrogens with zero attached hydrogens (tertiary/aromatic N) is 1. The molecule has 0 saturated carbocycles. The van der Waals surface area contributed by atoms with Gasteiger partial charge in [0.25, 0.3) is 5.91 Å². The summed E-state index contributed by atoms with van der Waals surface area (Å²) in [5.74, 6) is -0.277. The minimum atomic E-state index is -0.667. The first-order chi connectivity index (χ1) is 14.1. The van der Waals surface area contributed by atoms with Gasteiger partial charge >= 0.3 is 0 Å². The van der Waals surface area contributed by atoms with Crippen LogP contribution in [-0.4, -0.2) is 22.9 Å². The standard InChI is InChI=1S/C25H33N3O2/c1-17-9-8-12-19(13-17)22-15-20(18-10-6-5-7-11-18)14-21(26)24(30)28(22)27-23(29)16-25(2,3)4/h5-13,20-22H,14-16,26H2,1-4H3,(H,27,29)/t20-,21+,22?/m0/s1. The molecule has 1 heterocycles. The Kier molecular flexibility index (Phi) is 6.61. The highest BCUT2D eigenvalue weighted by molar-refractivity contribution is 5.86. The van der Waals surface area contributed by atoms with Crippen LogP contribution < -0.4 is 11.2 Å². The lowest BCUT2D eigenvalue weighted by molar-refractivity contribution is -0.145. The fourth-order valence-corrected chi connectivity index (χ4v) is 4.16. The summed E-state index contributed by atoms with van der Waals surface area (Å²) in [6.45, 7) is 8.05. The van der Waals surface area contributed by atoms with Crippen molar-refractivity contribution in [3.63, 3.8) is 0 Å². The second-order valence-corrected chi connectivity index (χ2v) is 9.60. The molecule has 3 rings (SSSR count). The van der Waals surface area contributed by atoms with Gasteiger partial charge in [0.1, 0.15) is 0 Å². The Morgan fingerprint density at radius 2 is 1.73 bits per heavy atom. The van der Waals surface area contributed by atoms with Gasteiger partial charge in [-0.05, 0) is 42.2 Å². The number of carbonyl (C=O) groups is 2. The van der Waals surface area contributed by atoms with Crippen molar-refractivity contribution in [2.75, 3.05) is 0 Å². The maximum Gasteiger partial charge on any atom is 0.258 e. The van der Waals surface area contributed by atoms with Gasteiger partial charge in [0, 0.05) is 6.42 Å². The Labute approximate surface area is 179 Å². The van der Waals surface area contributed by atoms with E-state index >= 15 is 0 Å². The van der Waals surface area contributed by atoms with Crippen molar-refractivity contribution in [2.24, 2.45) is 11.1 Å². The van der Waals surface area contributed by atoms with Crippen LogP contribution in [0.3, 0.4) is 0 Å². The summed E-state index contributed by atoms with van der Waals surface area (Å²) in [7, 11) is 0. The van der Waals surface area contributed by atoms with Crippen molar-refractivity contribution in [1.82, 2.24) is 10.4 Å². The highest BCUT2D eigenvalue weighted by Gasteiger charge is 2.38. The predicted molar refractivity (Wildman–Crippen MR) is 119 cm³/mol. The quantitative estimate of drug-likeness (QED) is 0.796. The molecule has 0 spiro atoms. The van der Waals surface area contributed by atoms with E-state index in [1.54, 1.807) is 0 Å². The van der Waals surface area contributed by atoms with E-state index in [-0.39, 0.29) is 29.2 Å². The van der Waals surface area contributed by atoms with Gasteiger partial charge in [0.05, 0.1) is 12.1 Å². The van der Waals surface area contributed by atoms with Crippen molar-refractivity contribution in [3.05, 3.63) is 71.3 Å². The van der Waals surface area contributed by atoms with E-state index in [0.717, 1.165) is 11.1 Å². The number of hydrazine groups is 1. The van der Waals surface area contributed by atoms with Gasteiger partial charge in [-0.2, -0.15) is 0 Å². The first-order valence-electron chi connectivity index (χ1n) is 10.6. The maximum absolute atomic E-state index is 13.3. The third-order valence-electron chi connectivity index (χ3n) is 5.55. The number of rotatable bonds is 4. The number of hydrogen-bond donors (Lipinski definition) is 2. The maximum atomic E-state index is 13.3. The number of aryl methyl sites for hydroxylation is 1. The van der Waals surface area contributed by atoms with Crippen molar-refractivity contribution in [3.8, 4) is 0 Å². The van der Waals surface area contributed by atoms with Gasteiger partial charge in [-0.25, -0.2) is 5.01 Å². The first kappa shape index (κ1) is 22.0. The second-order valence-electron chi connectivity index (χ2n) is 9.60. The zero-order valence-electron chi connectivity index (χ0n) is 18.4. The Bertz CT molecular complexity index is 889. The molecule has 5 nitrogen and oxygen atoms in total. The van der Waals surface area contributed by atoms with E-state index in [9.17, 15) is 9.59 Å². The van der Waals surface area contributed by atoms with Gasteiger partial charge in [-0.1, -0.05) is 80.9 Å². The molecule has 0 bridgehead atoms. The Morgan fingerprint density at radius 1 is 1.07 bits per heavy atom. The van der Waals surface area contributed by atoms with Gasteiger partial charge in [0.2, 0.25) is 5.91 Å². The van der Waals surface area contributed by atoms with Gasteiger partial charge < -0.3 is 5.73 Å². The largest absolute Gasteiger partial charge is 0.320 e. The number of carbonyl (C=O) groups excluding carboxylic acids is 2. The van der Waals surface area contributed by atoms with E-state index in [4.69, 9.17) is 5.73 Å². The normalized spacial score (nSPS) is 22.5. The summed E-state index contributed by atoms with van der Waals surface area (Å²) in [6.07, 6.45) is 1.58. The number of nitrogens with two attached hydrogens (primary N) is 1. The number of nitrogens with one attached hydrogen (secondary N) is 1. The van der Waals surface area contributed by atoms with Crippen LogP contribution in [0.2, 0.25) is 0 Å². The van der Waals surface area contributed by atoms with E-state index in [2.05, 4.69) is 23.6 Å². The van der Waals surface area contributed by atoms with Crippen LogP contribution in [0, 0.1) is 12.3 Å². The fraction of sp³-hybridized carbons (Fsp3) is 0.440. The van der Waals surface area contributed by atoms with Gasteiger partial charge in [-0.3, -0.25) is 15.0 Å². The lowest BCUT2D eigenvalue weighted by Gasteiger charge is -2.33. The minimum absolute atomic E-state index is 0.125. The smallest absolute Gasteiger partial charge is 0.258 e. The van der Waals surface area contributed by atoms with Crippen molar-refractivity contribution in [1.29, 1.82) is 0 Å². The van der Waals surface area contributed by atoms with Gasteiger partial charge in [0.15, 0.2) is 0 Å². The second kappa shape index (κ2) is 9.00. The van der Waals surface area contributed by atoms with E-state index in [0.29, 0.717) is 19.3 Å². The van der Waals surface area contributed by atoms with Crippen LogP contribution in [0.5, 0.6) is 0 Å². The summed E-state index contributed by atoms with van der Waals surface area (Å²) >= 11 is 0. The lowest BCUT2D eigenvalue weighted by Crippen LogP contribution is -2.53. The Hall–Kier alpha value is -2.66. The molecule has 3 atom stereocenters. The molecule has 1 fully saturated rings. The van der Waals surface area contributed by atoms with E-state index in [1.807, 2.05) is 64.1 Å². The molecule has 3 N–H and O–H groups in total. The Balaban J connectivity index is 1.98. The molecule has 1 saturated heterocycles. The van der Waals surface area contributed by atoms with Crippen molar-refractivity contribution >= 4 is 11.8 Å². The van der Waals surface area contributed by atoms with Crippen LogP contribution in [-0.2, 0) is 9.59 Å². The summed E-state index contributed by atoms with van der Waals surface area (Å²) in [6, 6.07) is 17.4. The average molecular weight is 408 g/mol. The average Bonchev–Trinajstić information content (AvgIpc) is 2.79. The van der Waals surface area contributed by atoms with Gasteiger partial charge in [-0.15, -0.1) is 0 Å². The highest BCUT2D eigenvalue weighted by Crippen LogP contribution is 2.38. The fourth-order valence-electron chi connectivity index (χ4n) is 4.16. The van der Waals surface area contributed by atoms with Crippen LogP contribution in [0.4, 0.5) is 0 Å². The predicted octanol–water partition coefficient (Wildman–Crippen LogP) is 4.24. The summed E-state index contributed by atoms with van der Waals surface area (Å²) < 4.78 is 0. The van der Waals surface area contributed by atoms with E-state index < -0.39 is 6.04 Å². The number of benzene rings is 2. The Morgan fingerprint density at radius 3 is 2.37 bits per heavy atom. The summed E-state index contributed by atoms with van der Waals surface area (Å²) in [5.41, 5.74) is 12.3. The summed E-state index contributed by atoms with van der Waals surface area (Å²) in [5, 5.41) is 1.50. The minimum Gasteiger partial charge on any atom is -0.320 e. The molecule has 0 aliphatic carbocycles. The number of amides is 2. The zero-order chi connectivity index (χ0) is 21.9. The van der Waals surface area contributed by atoms with Crippen molar-refractivity contribution < 1.29 is 9.59 Å². The van der Waals surface area contributed by atoms with Crippen LogP contribution >= 0.6 is 0 Å². The third-order valence-corrected chi connectivity index (χ3v) is 5.55. The van der Waals surface area contributed by atoms with Crippen LogP contribution in [0.25, 0.3) is 0 Å². The molecule has 1 aliphatic rings. The molecule has 160 valence electrons. The molecule has 1 aliphatic heterocycles. The zero-order valence-corrected chi connectivity index (χ0v) is 18.4.